The molecular formula is C16H19BrFN3. The molecule has 1 heterocycles. The molecule has 2 rings (SSSR count). The van der Waals surface area contributed by atoms with Crippen LogP contribution in [0.15, 0.2) is 22.7 Å². The maximum atomic E-state index is 13.6. The molecule has 2 aromatic rings. The van der Waals surface area contributed by atoms with Crippen molar-refractivity contribution in [1.29, 1.82) is 0 Å². The summed E-state index contributed by atoms with van der Waals surface area (Å²) < 4.78 is 14.5. The van der Waals surface area contributed by atoms with Crippen LogP contribution in [0.25, 0.3) is 11.4 Å². The van der Waals surface area contributed by atoms with Gasteiger partial charge < -0.3 is 5.32 Å². The number of hydrogen-bond acceptors (Lipinski definition) is 3. The summed E-state index contributed by atoms with van der Waals surface area (Å²) in [5.41, 5.74) is 2.51. The summed E-state index contributed by atoms with van der Waals surface area (Å²) in [6, 6.07) is 4.87. The molecule has 112 valence electrons. The Bertz CT molecular complexity index is 596. The zero-order chi connectivity index (χ0) is 15.4. The maximum absolute atomic E-state index is 13.6. The number of benzene rings is 1. The third kappa shape index (κ3) is 3.79. The first-order chi connectivity index (χ1) is 10.0. The van der Waals surface area contributed by atoms with Gasteiger partial charge in [-0.3, -0.25) is 0 Å². The van der Waals surface area contributed by atoms with Gasteiger partial charge in [0.2, 0.25) is 0 Å². The summed E-state index contributed by atoms with van der Waals surface area (Å²) in [7, 11) is 0. The van der Waals surface area contributed by atoms with E-state index in [1.165, 1.54) is 12.1 Å². The average molecular weight is 352 g/mol. The fourth-order valence-corrected chi connectivity index (χ4v) is 2.69. The molecule has 0 atom stereocenters. The van der Waals surface area contributed by atoms with Gasteiger partial charge in [-0.05, 0) is 60.0 Å². The summed E-state index contributed by atoms with van der Waals surface area (Å²) in [6.45, 7) is 6.75. The van der Waals surface area contributed by atoms with Gasteiger partial charge in [-0.25, -0.2) is 14.4 Å². The van der Waals surface area contributed by atoms with Crippen LogP contribution < -0.4 is 5.32 Å². The van der Waals surface area contributed by atoms with Crippen molar-refractivity contribution in [3.63, 3.8) is 0 Å². The Labute approximate surface area is 133 Å². The van der Waals surface area contributed by atoms with Crippen molar-refractivity contribution in [3.8, 4) is 11.4 Å². The zero-order valence-corrected chi connectivity index (χ0v) is 14.1. The van der Waals surface area contributed by atoms with Crippen LogP contribution in [0.2, 0.25) is 0 Å². The minimum Gasteiger partial charge on any atom is -0.369 e. The minimum atomic E-state index is -0.265. The van der Waals surface area contributed by atoms with Crippen LogP contribution >= 0.6 is 15.9 Å². The molecule has 5 heteroatoms. The number of aryl methyl sites for hydroxylation is 2. The molecule has 1 aromatic carbocycles. The standard InChI is InChI=1S/C16H19BrFN3/c1-4-6-13-14(17)16(19-5-2)21-15(20-13)11-7-10(3)8-12(18)9-11/h7-9H,4-6H2,1-3H3,(H,19,20,21). The first-order valence-electron chi connectivity index (χ1n) is 7.13. The molecule has 0 amide bonds. The van der Waals surface area contributed by atoms with Crippen molar-refractivity contribution in [1.82, 2.24) is 9.97 Å². The second kappa shape index (κ2) is 6.98. The lowest BCUT2D eigenvalue weighted by Gasteiger charge is -2.12. The van der Waals surface area contributed by atoms with Gasteiger partial charge in [0.1, 0.15) is 11.6 Å². The Morgan fingerprint density at radius 3 is 2.57 bits per heavy atom. The molecule has 0 saturated heterocycles. The van der Waals surface area contributed by atoms with Crippen LogP contribution in [0, 0.1) is 12.7 Å². The Morgan fingerprint density at radius 2 is 1.95 bits per heavy atom. The normalized spacial score (nSPS) is 10.7. The maximum Gasteiger partial charge on any atom is 0.161 e. The van der Waals surface area contributed by atoms with Gasteiger partial charge in [-0.1, -0.05) is 13.3 Å². The number of hydrogen-bond donors (Lipinski definition) is 1. The molecule has 0 aliphatic rings. The summed E-state index contributed by atoms with van der Waals surface area (Å²) in [6.07, 6.45) is 1.84. The van der Waals surface area contributed by atoms with Crippen LogP contribution in [-0.2, 0) is 6.42 Å². The smallest absolute Gasteiger partial charge is 0.161 e. The number of rotatable bonds is 5. The zero-order valence-electron chi connectivity index (χ0n) is 12.5. The first kappa shape index (κ1) is 15.9. The second-order valence-corrected chi connectivity index (χ2v) is 5.75. The van der Waals surface area contributed by atoms with E-state index in [0.29, 0.717) is 11.4 Å². The molecule has 1 N–H and O–H groups in total. The Balaban J connectivity index is 2.56. The quantitative estimate of drug-likeness (QED) is 0.845. The van der Waals surface area contributed by atoms with Gasteiger partial charge in [0.25, 0.3) is 0 Å². The highest BCUT2D eigenvalue weighted by molar-refractivity contribution is 9.10. The third-order valence-electron chi connectivity index (χ3n) is 3.05. The Morgan fingerprint density at radius 1 is 1.19 bits per heavy atom. The van der Waals surface area contributed by atoms with Gasteiger partial charge >= 0.3 is 0 Å². The van der Waals surface area contributed by atoms with Crippen LogP contribution in [0.1, 0.15) is 31.5 Å². The number of nitrogens with zero attached hydrogens (tertiary/aromatic N) is 2. The molecule has 0 aliphatic heterocycles. The SMILES string of the molecule is CCCc1nc(-c2cc(C)cc(F)c2)nc(NCC)c1Br. The number of aromatic nitrogens is 2. The molecule has 21 heavy (non-hydrogen) atoms. The van der Waals surface area contributed by atoms with E-state index in [9.17, 15) is 4.39 Å². The first-order valence-corrected chi connectivity index (χ1v) is 7.92. The molecule has 0 saturated carbocycles. The predicted octanol–water partition coefficient (Wildman–Crippen LogP) is 4.74. The fraction of sp³-hybridized carbons (Fsp3) is 0.375. The molecule has 0 radical (unpaired) electrons. The number of nitrogens with one attached hydrogen (secondary N) is 1. The van der Waals surface area contributed by atoms with E-state index in [1.54, 1.807) is 0 Å². The van der Waals surface area contributed by atoms with Crippen LogP contribution in [-0.4, -0.2) is 16.5 Å². The lowest BCUT2D eigenvalue weighted by Crippen LogP contribution is -2.06. The molecule has 0 aliphatic carbocycles. The molecule has 3 nitrogen and oxygen atoms in total. The van der Waals surface area contributed by atoms with E-state index >= 15 is 0 Å². The Hall–Kier alpha value is -1.49. The van der Waals surface area contributed by atoms with Crippen molar-refractivity contribution in [2.75, 3.05) is 11.9 Å². The van der Waals surface area contributed by atoms with Crippen molar-refractivity contribution < 1.29 is 4.39 Å². The van der Waals surface area contributed by atoms with Crippen molar-refractivity contribution in [3.05, 3.63) is 39.7 Å². The molecular weight excluding hydrogens is 333 g/mol. The number of halogens is 2. The van der Waals surface area contributed by atoms with E-state index in [-0.39, 0.29) is 5.82 Å². The largest absolute Gasteiger partial charge is 0.369 e. The van der Waals surface area contributed by atoms with Crippen LogP contribution in [0.4, 0.5) is 10.2 Å². The molecule has 0 unspecified atom stereocenters. The topological polar surface area (TPSA) is 37.8 Å². The summed E-state index contributed by atoms with van der Waals surface area (Å²) >= 11 is 3.56. The highest BCUT2D eigenvalue weighted by Gasteiger charge is 2.13. The highest BCUT2D eigenvalue weighted by Crippen LogP contribution is 2.28. The van der Waals surface area contributed by atoms with Gasteiger partial charge in [0.15, 0.2) is 5.82 Å². The fourth-order valence-electron chi connectivity index (χ4n) is 2.18. The lowest BCUT2D eigenvalue weighted by molar-refractivity contribution is 0.627. The summed E-state index contributed by atoms with van der Waals surface area (Å²) in [4.78, 5) is 9.11. The van der Waals surface area contributed by atoms with Crippen molar-refractivity contribution >= 4 is 21.7 Å². The van der Waals surface area contributed by atoms with Gasteiger partial charge in [0, 0.05) is 12.1 Å². The van der Waals surface area contributed by atoms with E-state index in [2.05, 4.69) is 38.1 Å². The van der Waals surface area contributed by atoms with E-state index < -0.39 is 0 Å². The molecule has 0 bridgehead atoms. The van der Waals surface area contributed by atoms with E-state index in [1.807, 2.05) is 19.9 Å². The average Bonchev–Trinajstić information content (AvgIpc) is 2.42. The van der Waals surface area contributed by atoms with Crippen LogP contribution in [0.5, 0.6) is 0 Å². The van der Waals surface area contributed by atoms with Gasteiger partial charge in [0.05, 0.1) is 10.2 Å². The molecule has 0 fully saturated rings. The molecule has 0 spiro atoms. The van der Waals surface area contributed by atoms with Gasteiger partial charge in [-0.15, -0.1) is 0 Å². The monoisotopic (exact) mass is 351 g/mol. The lowest BCUT2D eigenvalue weighted by atomic mass is 10.1. The van der Waals surface area contributed by atoms with Gasteiger partial charge in [-0.2, -0.15) is 0 Å². The predicted molar refractivity (Wildman–Crippen MR) is 88.0 cm³/mol. The second-order valence-electron chi connectivity index (χ2n) is 4.95. The minimum absolute atomic E-state index is 0.265. The van der Waals surface area contributed by atoms with Crippen LogP contribution in [0.3, 0.4) is 0 Å². The highest BCUT2D eigenvalue weighted by atomic mass is 79.9. The van der Waals surface area contributed by atoms with E-state index in [4.69, 9.17) is 0 Å². The summed E-state index contributed by atoms with van der Waals surface area (Å²) in [5, 5.41) is 3.22. The third-order valence-corrected chi connectivity index (χ3v) is 3.88. The van der Waals surface area contributed by atoms with Crippen molar-refractivity contribution in [2.45, 2.75) is 33.6 Å². The summed E-state index contributed by atoms with van der Waals surface area (Å²) in [5.74, 6) is 1.05. The van der Waals surface area contributed by atoms with E-state index in [0.717, 1.165) is 40.9 Å². The van der Waals surface area contributed by atoms with Crippen molar-refractivity contribution in [2.24, 2.45) is 0 Å². The number of anilines is 1. The molecule has 1 aromatic heterocycles. The Kier molecular flexibility index (Phi) is 5.28.